The van der Waals surface area contributed by atoms with Crippen LogP contribution in [-0.2, 0) is 6.54 Å². The van der Waals surface area contributed by atoms with Crippen LogP contribution in [0.3, 0.4) is 0 Å². The molecular weight excluding hydrogens is 234 g/mol. The molecule has 0 amide bonds. The molecular formula is C13H18ClN3. The zero-order valence-corrected chi connectivity index (χ0v) is 10.7. The fourth-order valence-corrected chi connectivity index (χ4v) is 3.40. The van der Waals surface area contributed by atoms with Crippen LogP contribution in [0.25, 0.3) is 0 Å². The lowest BCUT2D eigenvalue weighted by Crippen LogP contribution is -2.22. The molecule has 1 aliphatic heterocycles. The van der Waals surface area contributed by atoms with Gasteiger partial charge in [0.05, 0.1) is 5.02 Å². The van der Waals surface area contributed by atoms with Gasteiger partial charge in [0.2, 0.25) is 0 Å². The molecule has 92 valence electrons. The minimum Gasteiger partial charge on any atom is -0.356 e. The van der Waals surface area contributed by atoms with Gasteiger partial charge >= 0.3 is 0 Å². The van der Waals surface area contributed by atoms with E-state index >= 15 is 0 Å². The normalized spacial score (nSPS) is 27.5. The lowest BCUT2D eigenvalue weighted by Gasteiger charge is -2.19. The Morgan fingerprint density at radius 3 is 2.71 bits per heavy atom. The third kappa shape index (κ3) is 2.02. The van der Waals surface area contributed by atoms with Crippen LogP contribution < -0.4 is 10.6 Å². The summed E-state index contributed by atoms with van der Waals surface area (Å²) in [6, 6.07) is 2.05. The van der Waals surface area contributed by atoms with Gasteiger partial charge in [-0.1, -0.05) is 18.0 Å². The third-order valence-electron chi connectivity index (χ3n) is 4.19. The predicted molar refractivity (Wildman–Crippen MR) is 70.2 cm³/mol. The quantitative estimate of drug-likeness (QED) is 0.878. The van der Waals surface area contributed by atoms with E-state index in [4.69, 9.17) is 17.3 Å². The van der Waals surface area contributed by atoms with Crippen molar-refractivity contribution in [3.63, 3.8) is 0 Å². The van der Waals surface area contributed by atoms with Gasteiger partial charge < -0.3 is 10.6 Å². The second-order valence-electron chi connectivity index (χ2n) is 5.19. The van der Waals surface area contributed by atoms with Crippen LogP contribution in [0.4, 0.5) is 5.82 Å². The number of nitrogens with zero attached hydrogens (tertiary/aromatic N) is 2. The Kier molecular flexibility index (Phi) is 2.97. The number of rotatable bonds is 2. The highest BCUT2D eigenvalue weighted by Gasteiger charge is 2.36. The average molecular weight is 252 g/mol. The number of pyridine rings is 1. The van der Waals surface area contributed by atoms with E-state index in [1.807, 2.05) is 6.07 Å². The molecule has 4 heteroatoms. The van der Waals surface area contributed by atoms with Gasteiger partial charge in [0, 0.05) is 25.8 Å². The molecule has 3 nitrogen and oxygen atoms in total. The van der Waals surface area contributed by atoms with Gasteiger partial charge in [0.1, 0.15) is 5.82 Å². The molecule has 2 N–H and O–H groups in total. The van der Waals surface area contributed by atoms with Gasteiger partial charge in [-0.15, -0.1) is 0 Å². The number of anilines is 1. The molecule has 0 bridgehead atoms. The van der Waals surface area contributed by atoms with E-state index in [1.165, 1.54) is 19.3 Å². The second kappa shape index (κ2) is 4.46. The van der Waals surface area contributed by atoms with E-state index in [9.17, 15) is 0 Å². The summed E-state index contributed by atoms with van der Waals surface area (Å²) in [5.41, 5.74) is 6.67. The van der Waals surface area contributed by atoms with Crippen molar-refractivity contribution in [2.45, 2.75) is 25.8 Å². The highest BCUT2D eigenvalue weighted by molar-refractivity contribution is 6.31. The molecule has 17 heavy (non-hydrogen) atoms. The number of halogens is 1. The predicted octanol–water partition coefficient (Wildman–Crippen LogP) is 2.43. The van der Waals surface area contributed by atoms with E-state index in [0.29, 0.717) is 11.6 Å². The summed E-state index contributed by atoms with van der Waals surface area (Å²) < 4.78 is 0. The lowest BCUT2D eigenvalue weighted by atomic mass is 10.0. The van der Waals surface area contributed by atoms with Crippen molar-refractivity contribution < 1.29 is 0 Å². The standard InChI is InChI=1S/C13H18ClN3/c14-12-6-16-13(4-11(12)5-15)17-7-9-2-1-3-10(9)8-17/h4,6,9-10H,1-3,5,7-8,15H2. The summed E-state index contributed by atoms with van der Waals surface area (Å²) in [5, 5.41) is 0.677. The number of hydrogen-bond acceptors (Lipinski definition) is 3. The Balaban J connectivity index is 1.81. The molecule has 3 rings (SSSR count). The molecule has 0 radical (unpaired) electrons. The Labute approximate surface area is 107 Å². The van der Waals surface area contributed by atoms with Crippen LogP contribution in [0.5, 0.6) is 0 Å². The zero-order valence-electron chi connectivity index (χ0n) is 9.90. The van der Waals surface area contributed by atoms with Crippen LogP contribution in [0.1, 0.15) is 24.8 Å². The zero-order chi connectivity index (χ0) is 11.8. The smallest absolute Gasteiger partial charge is 0.128 e. The van der Waals surface area contributed by atoms with Crippen molar-refractivity contribution in [2.75, 3.05) is 18.0 Å². The number of nitrogens with two attached hydrogens (primary N) is 1. The fraction of sp³-hybridized carbons (Fsp3) is 0.615. The Morgan fingerprint density at radius 1 is 1.35 bits per heavy atom. The minimum atomic E-state index is 0.481. The summed E-state index contributed by atoms with van der Waals surface area (Å²) in [4.78, 5) is 6.83. The molecule has 2 fully saturated rings. The van der Waals surface area contributed by atoms with Gasteiger partial charge in [-0.3, -0.25) is 0 Å². The SMILES string of the molecule is NCc1cc(N2CC3CCCC3C2)ncc1Cl. The first kappa shape index (κ1) is 11.3. The van der Waals surface area contributed by atoms with Crippen molar-refractivity contribution in [3.8, 4) is 0 Å². The van der Waals surface area contributed by atoms with E-state index in [2.05, 4.69) is 9.88 Å². The molecule has 1 aromatic heterocycles. The Morgan fingerprint density at radius 2 is 2.06 bits per heavy atom. The Hall–Kier alpha value is -0.800. The van der Waals surface area contributed by atoms with Crippen molar-refractivity contribution in [2.24, 2.45) is 17.6 Å². The summed E-state index contributed by atoms with van der Waals surface area (Å²) in [5.74, 6) is 2.81. The van der Waals surface area contributed by atoms with Gasteiger partial charge in [-0.2, -0.15) is 0 Å². The summed E-state index contributed by atoms with van der Waals surface area (Å²) in [6.45, 7) is 2.79. The minimum absolute atomic E-state index is 0.481. The first-order valence-corrected chi connectivity index (χ1v) is 6.75. The number of aromatic nitrogens is 1. The van der Waals surface area contributed by atoms with Crippen molar-refractivity contribution in [1.29, 1.82) is 0 Å². The van der Waals surface area contributed by atoms with E-state index in [0.717, 1.165) is 36.3 Å². The molecule has 2 unspecified atom stereocenters. The van der Waals surface area contributed by atoms with Gasteiger partial charge in [-0.25, -0.2) is 4.98 Å². The van der Waals surface area contributed by atoms with Gasteiger partial charge in [0.25, 0.3) is 0 Å². The lowest BCUT2D eigenvalue weighted by molar-refractivity contribution is 0.494. The van der Waals surface area contributed by atoms with Crippen molar-refractivity contribution in [1.82, 2.24) is 4.98 Å². The summed E-state index contributed by atoms with van der Waals surface area (Å²) in [6.07, 6.45) is 5.91. The van der Waals surface area contributed by atoms with Gasteiger partial charge in [0.15, 0.2) is 0 Å². The summed E-state index contributed by atoms with van der Waals surface area (Å²) >= 11 is 6.04. The first-order valence-electron chi connectivity index (χ1n) is 6.37. The molecule has 0 spiro atoms. The highest BCUT2D eigenvalue weighted by atomic mass is 35.5. The molecule has 1 saturated heterocycles. The van der Waals surface area contributed by atoms with Crippen LogP contribution in [0.15, 0.2) is 12.3 Å². The molecule has 0 aromatic carbocycles. The maximum Gasteiger partial charge on any atom is 0.128 e. The molecule has 2 heterocycles. The monoisotopic (exact) mass is 251 g/mol. The van der Waals surface area contributed by atoms with Crippen LogP contribution in [0.2, 0.25) is 5.02 Å². The van der Waals surface area contributed by atoms with E-state index < -0.39 is 0 Å². The van der Waals surface area contributed by atoms with Crippen molar-refractivity contribution in [3.05, 3.63) is 22.8 Å². The van der Waals surface area contributed by atoms with Crippen LogP contribution in [-0.4, -0.2) is 18.1 Å². The van der Waals surface area contributed by atoms with E-state index in [1.54, 1.807) is 6.20 Å². The number of fused-ring (bicyclic) bond motifs is 1. The fourth-order valence-electron chi connectivity index (χ4n) is 3.22. The second-order valence-corrected chi connectivity index (χ2v) is 5.60. The van der Waals surface area contributed by atoms with Crippen LogP contribution >= 0.6 is 11.6 Å². The topological polar surface area (TPSA) is 42.1 Å². The maximum atomic E-state index is 6.04. The number of hydrogen-bond donors (Lipinski definition) is 1. The third-order valence-corrected chi connectivity index (χ3v) is 4.53. The molecule has 1 aliphatic carbocycles. The van der Waals surface area contributed by atoms with Gasteiger partial charge in [-0.05, 0) is 36.3 Å². The highest BCUT2D eigenvalue weighted by Crippen LogP contribution is 2.39. The van der Waals surface area contributed by atoms with Crippen LogP contribution in [0, 0.1) is 11.8 Å². The first-order chi connectivity index (χ1) is 8.28. The summed E-state index contributed by atoms with van der Waals surface area (Å²) in [7, 11) is 0. The van der Waals surface area contributed by atoms with Crippen molar-refractivity contribution >= 4 is 17.4 Å². The largest absolute Gasteiger partial charge is 0.356 e. The Bertz CT molecular complexity index is 409. The molecule has 2 aliphatic rings. The molecule has 1 aromatic rings. The average Bonchev–Trinajstić information content (AvgIpc) is 2.90. The molecule has 2 atom stereocenters. The maximum absolute atomic E-state index is 6.04. The molecule has 1 saturated carbocycles. The van der Waals surface area contributed by atoms with E-state index in [-0.39, 0.29) is 0 Å².